The normalized spacial score (nSPS) is 19.0. The number of aliphatic hydroxyl groups excluding tert-OH is 1. The van der Waals surface area contributed by atoms with Gasteiger partial charge < -0.3 is 29.9 Å². The molecule has 0 aromatic heterocycles. The van der Waals surface area contributed by atoms with Crippen LogP contribution in [-0.2, 0) is 14.3 Å². The van der Waals surface area contributed by atoms with Crippen LogP contribution in [0.25, 0.3) is 6.08 Å². The standard InChI is InChI=1S/C24H32Cl2N4O5/c1-35-24(34)27-18-6-9-28(10-7-18)15-19(31)16-30-13-12-29(11-8-23(30)33)22(32)5-3-17-2-4-20(25)21(26)14-17/h2-5,14,18-19,31H,6-13,15-16H2,1H3,(H,27,34)/b5-3+. The zero-order valence-electron chi connectivity index (χ0n) is 19.8. The molecule has 0 saturated carbocycles. The van der Waals surface area contributed by atoms with Crippen molar-refractivity contribution in [3.8, 4) is 0 Å². The van der Waals surface area contributed by atoms with Gasteiger partial charge in [-0.25, -0.2) is 4.79 Å². The average Bonchev–Trinajstić information content (AvgIpc) is 3.02. The van der Waals surface area contributed by atoms with Gasteiger partial charge in [-0.3, -0.25) is 9.59 Å². The van der Waals surface area contributed by atoms with E-state index < -0.39 is 12.2 Å². The largest absolute Gasteiger partial charge is 0.453 e. The number of halogens is 2. The van der Waals surface area contributed by atoms with Crippen molar-refractivity contribution in [3.63, 3.8) is 0 Å². The number of likely N-dealkylation sites (tertiary alicyclic amines) is 1. The number of β-amino-alcohol motifs (C(OH)–C–C–N with tert-alkyl or cyclic N) is 1. The summed E-state index contributed by atoms with van der Waals surface area (Å²) in [5.41, 5.74) is 0.758. The van der Waals surface area contributed by atoms with E-state index in [1.54, 1.807) is 34.1 Å². The molecule has 3 rings (SSSR count). The molecule has 0 spiro atoms. The first kappa shape index (κ1) is 27.3. The van der Waals surface area contributed by atoms with Crippen LogP contribution in [0.15, 0.2) is 24.3 Å². The minimum absolute atomic E-state index is 0.0669. The molecule has 11 heteroatoms. The van der Waals surface area contributed by atoms with Crippen molar-refractivity contribution >= 4 is 47.2 Å². The summed E-state index contributed by atoms with van der Waals surface area (Å²) < 4.78 is 4.63. The molecule has 2 aliphatic rings. The summed E-state index contributed by atoms with van der Waals surface area (Å²) in [5, 5.41) is 14.3. The molecule has 0 radical (unpaired) electrons. The van der Waals surface area contributed by atoms with Crippen molar-refractivity contribution in [3.05, 3.63) is 39.9 Å². The topological polar surface area (TPSA) is 102 Å². The van der Waals surface area contributed by atoms with Gasteiger partial charge in [0.25, 0.3) is 0 Å². The summed E-state index contributed by atoms with van der Waals surface area (Å²) in [6.07, 6.45) is 3.77. The lowest BCUT2D eigenvalue weighted by atomic mass is 10.0. The lowest BCUT2D eigenvalue weighted by Gasteiger charge is -2.34. The van der Waals surface area contributed by atoms with Crippen molar-refractivity contribution < 1.29 is 24.2 Å². The van der Waals surface area contributed by atoms with Crippen molar-refractivity contribution in [1.82, 2.24) is 20.0 Å². The molecule has 2 saturated heterocycles. The maximum Gasteiger partial charge on any atom is 0.407 e. The van der Waals surface area contributed by atoms with Crippen molar-refractivity contribution in [2.24, 2.45) is 0 Å². The zero-order valence-corrected chi connectivity index (χ0v) is 21.3. The maximum atomic E-state index is 12.6. The van der Waals surface area contributed by atoms with E-state index >= 15 is 0 Å². The molecular formula is C24H32Cl2N4O5. The number of carbonyl (C=O) groups excluding carboxylic acids is 3. The molecule has 2 aliphatic heterocycles. The molecule has 1 aromatic carbocycles. The van der Waals surface area contributed by atoms with Gasteiger partial charge in [-0.05, 0) is 36.6 Å². The zero-order chi connectivity index (χ0) is 25.4. The molecular weight excluding hydrogens is 495 g/mol. The van der Waals surface area contributed by atoms with Gasteiger partial charge in [0, 0.05) is 64.4 Å². The summed E-state index contributed by atoms with van der Waals surface area (Å²) >= 11 is 11.9. The van der Waals surface area contributed by atoms with Crippen LogP contribution >= 0.6 is 23.2 Å². The Hall–Kier alpha value is -2.33. The summed E-state index contributed by atoms with van der Waals surface area (Å²) in [4.78, 5) is 42.0. The van der Waals surface area contributed by atoms with Gasteiger partial charge in [-0.15, -0.1) is 0 Å². The minimum Gasteiger partial charge on any atom is -0.453 e. The van der Waals surface area contributed by atoms with Gasteiger partial charge in [0.2, 0.25) is 11.8 Å². The third-order valence-corrected chi connectivity index (χ3v) is 7.00. The molecule has 1 aromatic rings. The van der Waals surface area contributed by atoms with Crippen LogP contribution in [0.2, 0.25) is 10.0 Å². The van der Waals surface area contributed by atoms with E-state index in [2.05, 4.69) is 15.0 Å². The second-order valence-electron chi connectivity index (χ2n) is 8.79. The number of aliphatic hydroxyl groups is 1. The minimum atomic E-state index is -0.694. The summed E-state index contributed by atoms with van der Waals surface area (Å²) in [6.45, 7) is 3.25. The van der Waals surface area contributed by atoms with Gasteiger partial charge in [0.15, 0.2) is 0 Å². The number of alkyl carbamates (subject to hydrolysis) is 1. The van der Waals surface area contributed by atoms with Crippen LogP contribution in [0.1, 0.15) is 24.8 Å². The second-order valence-corrected chi connectivity index (χ2v) is 9.60. The number of hydrogen-bond donors (Lipinski definition) is 2. The van der Waals surface area contributed by atoms with Crippen LogP contribution in [0.3, 0.4) is 0 Å². The summed E-state index contributed by atoms with van der Waals surface area (Å²) in [6, 6.07) is 5.19. The predicted molar refractivity (Wildman–Crippen MR) is 134 cm³/mol. The third-order valence-electron chi connectivity index (χ3n) is 6.26. The molecule has 35 heavy (non-hydrogen) atoms. The Morgan fingerprint density at radius 1 is 1.14 bits per heavy atom. The number of methoxy groups -OCH3 is 1. The van der Waals surface area contributed by atoms with Crippen molar-refractivity contribution in [2.45, 2.75) is 31.4 Å². The molecule has 9 nitrogen and oxygen atoms in total. The number of rotatable bonds is 7. The molecule has 2 fully saturated rings. The molecule has 2 N–H and O–H groups in total. The molecule has 2 heterocycles. The number of hydrogen-bond acceptors (Lipinski definition) is 6. The quantitative estimate of drug-likeness (QED) is 0.528. The first-order valence-corrected chi connectivity index (χ1v) is 12.5. The van der Waals surface area contributed by atoms with Crippen LogP contribution < -0.4 is 5.32 Å². The van der Waals surface area contributed by atoms with Crippen LogP contribution in [0.4, 0.5) is 4.79 Å². The predicted octanol–water partition coefficient (Wildman–Crippen LogP) is 2.25. The molecule has 0 aliphatic carbocycles. The lowest BCUT2D eigenvalue weighted by Crippen LogP contribution is -2.48. The highest BCUT2D eigenvalue weighted by molar-refractivity contribution is 6.42. The molecule has 3 amide bonds. The third kappa shape index (κ3) is 8.38. The Kier molecular flexibility index (Phi) is 10.2. The first-order chi connectivity index (χ1) is 16.7. The fraction of sp³-hybridized carbons (Fsp3) is 0.542. The Labute approximate surface area is 215 Å². The number of carbonyl (C=O) groups is 3. The Bertz CT molecular complexity index is 936. The number of nitrogens with one attached hydrogen (secondary N) is 1. The Balaban J connectivity index is 1.44. The smallest absolute Gasteiger partial charge is 0.407 e. The van der Waals surface area contributed by atoms with Crippen molar-refractivity contribution in [2.75, 3.05) is 52.9 Å². The molecule has 0 bridgehead atoms. The molecule has 1 unspecified atom stereocenters. The Morgan fingerprint density at radius 2 is 1.89 bits per heavy atom. The first-order valence-electron chi connectivity index (χ1n) is 11.7. The SMILES string of the molecule is COC(=O)NC1CCN(CC(O)CN2CCN(C(=O)/C=C/c3ccc(Cl)c(Cl)c3)CCC2=O)CC1. The van der Waals surface area contributed by atoms with Gasteiger partial charge in [0.05, 0.1) is 23.3 Å². The summed E-state index contributed by atoms with van der Waals surface area (Å²) in [5.74, 6) is -0.261. The lowest BCUT2D eigenvalue weighted by molar-refractivity contribution is -0.131. The summed E-state index contributed by atoms with van der Waals surface area (Å²) in [7, 11) is 1.34. The van der Waals surface area contributed by atoms with E-state index in [9.17, 15) is 19.5 Å². The second kappa shape index (κ2) is 13.1. The highest BCUT2D eigenvalue weighted by atomic mass is 35.5. The van der Waals surface area contributed by atoms with Gasteiger partial charge in [0.1, 0.15) is 0 Å². The van der Waals surface area contributed by atoms with Gasteiger partial charge in [-0.1, -0.05) is 29.3 Å². The number of ether oxygens (including phenoxy) is 1. The van der Waals surface area contributed by atoms with E-state index in [4.69, 9.17) is 23.2 Å². The van der Waals surface area contributed by atoms with Gasteiger partial charge in [-0.2, -0.15) is 0 Å². The molecule has 192 valence electrons. The monoisotopic (exact) mass is 526 g/mol. The van der Waals surface area contributed by atoms with Gasteiger partial charge >= 0.3 is 6.09 Å². The highest BCUT2D eigenvalue weighted by Crippen LogP contribution is 2.23. The van der Waals surface area contributed by atoms with E-state index in [0.717, 1.165) is 31.5 Å². The van der Waals surface area contributed by atoms with Crippen LogP contribution in [-0.4, -0.2) is 103 Å². The Morgan fingerprint density at radius 3 is 2.57 bits per heavy atom. The number of amides is 3. The van der Waals surface area contributed by atoms with E-state index in [0.29, 0.717) is 36.2 Å². The maximum absolute atomic E-state index is 12.6. The fourth-order valence-corrected chi connectivity index (χ4v) is 4.57. The van der Waals surface area contributed by atoms with E-state index in [-0.39, 0.29) is 30.8 Å². The van der Waals surface area contributed by atoms with Crippen LogP contribution in [0.5, 0.6) is 0 Å². The number of benzene rings is 1. The van der Waals surface area contributed by atoms with E-state index in [1.165, 1.54) is 13.2 Å². The molecule has 1 atom stereocenters. The fourth-order valence-electron chi connectivity index (χ4n) is 4.26. The number of nitrogens with zero attached hydrogens (tertiary/aromatic N) is 3. The van der Waals surface area contributed by atoms with Crippen LogP contribution in [0, 0.1) is 0 Å². The van der Waals surface area contributed by atoms with E-state index in [1.807, 2.05) is 0 Å². The average molecular weight is 527 g/mol. The number of piperidine rings is 1. The van der Waals surface area contributed by atoms with Crippen molar-refractivity contribution in [1.29, 1.82) is 0 Å². The highest BCUT2D eigenvalue weighted by Gasteiger charge is 2.27.